The molecule has 3 N–H and O–H groups in total. The Morgan fingerprint density at radius 2 is 1.97 bits per heavy atom. The number of benzene rings is 2. The first-order valence-corrected chi connectivity index (χ1v) is 10.4. The molecule has 0 saturated heterocycles. The van der Waals surface area contributed by atoms with Crippen LogP contribution in [0.3, 0.4) is 0 Å². The van der Waals surface area contributed by atoms with E-state index < -0.39 is 5.97 Å². The third kappa shape index (κ3) is 4.43. The second kappa shape index (κ2) is 9.04. The maximum atomic E-state index is 14.4. The molecule has 0 aliphatic heterocycles. The number of carboxylic acids is 1. The average molecular weight is 428 g/mol. The fraction of sp³-hybridized carbons (Fsp3) is 0.261. The number of rotatable bonds is 7. The van der Waals surface area contributed by atoms with Crippen LogP contribution in [-0.2, 0) is 6.54 Å². The van der Waals surface area contributed by atoms with Gasteiger partial charge in [-0.3, -0.25) is 4.31 Å². The van der Waals surface area contributed by atoms with Crippen molar-refractivity contribution in [1.82, 2.24) is 8.87 Å². The first-order chi connectivity index (χ1) is 14.2. The molecule has 0 saturated carbocycles. The number of hydrogen-bond acceptors (Lipinski definition) is 4. The van der Waals surface area contributed by atoms with Gasteiger partial charge in [-0.05, 0) is 87.4 Å². The lowest BCUT2D eigenvalue weighted by Gasteiger charge is -2.13. The number of nitrogens with zero attached hydrogens (tertiary/aromatic N) is 2. The smallest absolute Gasteiger partial charge is 0.335 e. The highest BCUT2D eigenvalue weighted by atomic mass is 32.2. The van der Waals surface area contributed by atoms with E-state index in [9.17, 15) is 14.3 Å². The highest BCUT2D eigenvalue weighted by Crippen LogP contribution is 2.39. The summed E-state index contributed by atoms with van der Waals surface area (Å²) in [5.74, 6) is -1.31. The average Bonchev–Trinajstić information content (AvgIpc) is 2.94. The standard InChI is InChI=1S/C23H26FN3O2S/c1-14-5-7-18(30-26(3)4)12-19(14)22-15(2)27(13-17(24)9-10-25)21-8-6-16(23(28)29)11-20(21)22/h5-9,11-12H,10,13,25H2,1-4H3,(H,28,29)/b17-9-. The SMILES string of the molecule is Cc1ccc(SN(C)C)cc1-c1c(C)n(C/C(F)=C/CN)c2ccc(C(=O)O)cc12. The molecule has 0 bridgehead atoms. The summed E-state index contributed by atoms with van der Waals surface area (Å²) in [5.41, 5.74) is 10.3. The van der Waals surface area contributed by atoms with Crippen LogP contribution in [0.2, 0.25) is 0 Å². The van der Waals surface area contributed by atoms with Crippen molar-refractivity contribution in [2.75, 3.05) is 20.6 Å². The predicted octanol–water partition coefficient (Wildman–Crippen LogP) is 5.00. The van der Waals surface area contributed by atoms with Crippen LogP contribution in [0.25, 0.3) is 22.0 Å². The van der Waals surface area contributed by atoms with Gasteiger partial charge in [-0.2, -0.15) is 0 Å². The van der Waals surface area contributed by atoms with Gasteiger partial charge in [-0.25, -0.2) is 9.18 Å². The number of nitrogens with two attached hydrogens (primary N) is 1. The number of aromatic nitrogens is 1. The monoisotopic (exact) mass is 427 g/mol. The van der Waals surface area contributed by atoms with Crippen molar-refractivity contribution in [2.45, 2.75) is 25.3 Å². The molecule has 2 aromatic carbocycles. The van der Waals surface area contributed by atoms with E-state index in [0.717, 1.165) is 38.2 Å². The van der Waals surface area contributed by atoms with Gasteiger partial charge in [0.2, 0.25) is 0 Å². The van der Waals surface area contributed by atoms with E-state index in [0.29, 0.717) is 0 Å². The highest BCUT2D eigenvalue weighted by molar-refractivity contribution is 7.97. The van der Waals surface area contributed by atoms with Crippen LogP contribution < -0.4 is 5.73 Å². The fourth-order valence-corrected chi connectivity index (χ4v) is 4.36. The van der Waals surface area contributed by atoms with Gasteiger partial charge >= 0.3 is 5.97 Å². The molecule has 1 heterocycles. The lowest BCUT2D eigenvalue weighted by atomic mass is 9.97. The number of hydrogen-bond donors (Lipinski definition) is 2. The summed E-state index contributed by atoms with van der Waals surface area (Å²) in [4.78, 5) is 12.7. The van der Waals surface area contributed by atoms with Crippen LogP contribution in [0, 0.1) is 13.8 Å². The minimum Gasteiger partial charge on any atom is -0.478 e. The topological polar surface area (TPSA) is 71.5 Å². The largest absolute Gasteiger partial charge is 0.478 e. The minimum absolute atomic E-state index is 0.0527. The molecule has 3 aromatic rings. The molecule has 0 aliphatic rings. The highest BCUT2D eigenvalue weighted by Gasteiger charge is 2.20. The molecule has 0 atom stereocenters. The fourth-order valence-electron chi connectivity index (χ4n) is 3.64. The van der Waals surface area contributed by atoms with Crippen LogP contribution in [-0.4, -0.2) is 40.6 Å². The lowest BCUT2D eigenvalue weighted by Crippen LogP contribution is -2.03. The Kier molecular flexibility index (Phi) is 6.65. The number of carbonyl (C=O) groups is 1. The summed E-state index contributed by atoms with van der Waals surface area (Å²) < 4.78 is 18.3. The Labute approximate surface area is 180 Å². The first-order valence-electron chi connectivity index (χ1n) is 9.60. The van der Waals surface area contributed by atoms with Crippen molar-refractivity contribution in [3.05, 3.63) is 65.1 Å². The molecule has 0 radical (unpaired) electrons. The van der Waals surface area contributed by atoms with Crippen LogP contribution in [0.4, 0.5) is 4.39 Å². The molecule has 1 aromatic heterocycles. The summed E-state index contributed by atoms with van der Waals surface area (Å²) in [6.45, 7) is 4.15. The lowest BCUT2D eigenvalue weighted by molar-refractivity contribution is 0.0697. The van der Waals surface area contributed by atoms with Gasteiger partial charge in [0.1, 0.15) is 5.83 Å². The van der Waals surface area contributed by atoms with Crippen molar-refractivity contribution < 1.29 is 14.3 Å². The molecule has 5 nitrogen and oxygen atoms in total. The van der Waals surface area contributed by atoms with E-state index in [2.05, 4.69) is 18.2 Å². The van der Waals surface area contributed by atoms with Crippen molar-refractivity contribution >= 4 is 28.8 Å². The predicted molar refractivity (Wildman–Crippen MR) is 122 cm³/mol. The van der Waals surface area contributed by atoms with Crippen molar-refractivity contribution in [2.24, 2.45) is 5.73 Å². The Hall–Kier alpha value is -2.61. The third-order valence-corrected chi connectivity index (χ3v) is 5.82. The molecule has 0 aliphatic carbocycles. The zero-order chi connectivity index (χ0) is 22.0. The first kappa shape index (κ1) is 22.1. The van der Waals surface area contributed by atoms with Crippen LogP contribution in [0.5, 0.6) is 0 Å². The zero-order valence-electron chi connectivity index (χ0n) is 17.6. The van der Waals surface area contributed by atoms with E-state index in [1.807, 2.05) is 36.8 Å². The van der Waals surface area contributed by atoms with Gasteiger partial charge in [-0.1, -0.05) is 6.07 Å². The minimum atomic E-state index is -0.990. The number of fused-ring (bicyclic) bond motifs is 1. The van der Waals surface area contributed by atoms with Crippen LogP contribution in [0.1, 0.15) is 21.6 Å². The molecule has 30 heavy (non-hydrogen) atoms. The van der Waals surface area contributed by atoms with Gasteiger partial charge in [0, 0.05) is 33.6 Å². The summed E-state index contributed by atoms with van der Waals surface area (Å²) >= 11 is 1.61. The van der Waals surface area contributed by atoms with E-state index >= 15 is 0 Å². The van der Waals surface area contributed by atoms with E-state index in [1.54, 1.807) is 30.1 Å². The molecular formula is C23H26FN3O2S. The van der Waals surface area contributed by atoms with E-state index in [4.69, 9.17) is 5.73 Å². The zero-order valence-corrected chi connectivity index (χ0v) is 18.4. The maximum absolute atomic E-state index is 14.4. The Morgan fingerprint density at radius 1 is 1.23 bits per heavy atom. The Morgan fingerprint density at radius 3 is 2.60 bits per heavy atom. The Bertz CT molecular complexity index is 1140. The summed E-state index contributed by atoms with van der Waals surface area (Å²) in [7, 11) is 3.96. The van der Waals surface area contributed by atoms with Crippen LogP contribution in [0.15, 0.2) is 53.2 Å². The van der Waals surface area contributed by atoms with Crippen molar-refractivity contribution in [3.8, 4) is 11.1 Å². The normalized spacial score (nSPS) is 12.2. The third-order valence-electron chi connectivity index (χ3n) is 4.99. The molecular weight excluding hydrogens is 401 g/mol. The maximum Gasteiger partial charge on any atom is 0.335 e. The molecule has 7 heteroatoms. The van der Waals surface area contributed by atoms with Gasteiger partial charge in [0.25, 0.3) is 0 Å². The second-order valence-electron chi connectivity index (χ2n) is 7.35. The van der Waals surface area contributed by atoms with Crippen LogP contribution >= 0.6 is 11.9 Å². The molecule has 0 spiro atoms. The second-order valence-corrected chi connectivity index (χ2v) is 8.73. The van der Waals surface area contributed by atoms with E-state index in [-0.39, 0.29) is 24.5 Å². The number of aromatic carboxylic acids is 1. The van der Waals surface area contributed by atoms with Gasteiger partial charge < -0.3 is 15.4 Å². The summed E-state index contributed by atoms with van der Waals surface area (Å²) in [6, 6.07) is 11.2. The van der Waals surface area contributed by atoms with Gasteiger partial charge in [-0.15, -0.1) is 0 Å². The number of aryl methyl sites for hydroxylation is 1. The van der Waals surface area contributed by atoms with Gasteiger partial charge in [0.15, 0.2) is 0 Å². The molecule has 0 unspecified atom stereocenters. The molecule has 0 fully saturated rings. The number of halogens is 1. The quantitative estimate of drug-likeness (QED) is 0.519. The Balaban J connectivity index is 2.30. The molecule has 0 amide bonds. The molecule has 158 valence electrons. The summed E-state index contributed by atoms with van der Waals surface area (Å²) in [5, 5.41) is 10.3. The number of carboxylic acid groups (broad SMARTS) is 1. The van der Waals surface area contributed by atoms with Crippen molar-refractivity contribution in [3.63, 3.8) is 0 Å². The van der Waals surface area contributed by atoms with Gasteiger partial charge in [0.05, 0.1) is 12.1 Å². The number of allylic oxidation sites excluding steroid dienone is 1. The summed E-state index contributed by atoms with van der Waals surface area (Å²) in [6.07, 6.45) is 1.36. The van der Waals surface area contributed by atoms with Crippen molar-refractivity contribution in [1.29, 1.82) is 0 Å². The molecule has 3 rings (SSSR count). The van der Waals surface area contributed by atoms with E-state index in [1.165, 1.54) is 6.08 Å².